The summed E-state index contributed by atoms with van der Waals surface area (Å²) in [5.41, 5.74) is 0.283. The van der Waals surface area contributed by atoms with Crippen LogP contribution in [0.4, 0.5) is 0 Å². The van der Waals surface area contributed by atoms with Crippen LogP contribution < -0.4 is 9.47 Å². The number of methoxy groups -OCH3 is 4. The van der Waals surface area contributed by atoms with Crippen LogP contribution in [0, 0.1) is 0 Å². The molecule has 0 aromatic heterocycles. The van der Waals surface area contributed by atoms with Crippen LogP contribution in [-0.2, 0) is 14.3 Å². The summed E-state index contributed by atoms with van der Waals surface area (Å²) in [4.78, 5) is 24.0. The van der Waals surface area contributed by atoms with Crippen LogP contribution in [-0.4, -0.2) is 46.3 Å². The fourth-order valence-corrected chi connectivity index (χ4v) is 1.73. The van der Waals surface area contributed by atoms with Gasteiger partial charge in [-0.3, -0.25) is 9.59 Å². The van der Waals surface area contributed by atoms with E-state index in [9.17, 15) is 9.59 Å². The van der Waals surface area contributed by atoms with Gasteiger partial charge in [0.25, 0.3) is 0 Å². The van der Waals surface area contributed by atoms with Crippen molar-refractivity contribution >= 4 is 11.6 Å². The normalized spacial score (nSPS) is 10.4. The first-order valence-corrected chi connectivity index (χ1v) is 5.90. The van der Waals surface area contributed by atoms with E-state index in [1.807, 2.05) is 0 Å². The summed E-state index contributed by atoms with van der Waals surface area (Å²) in [7, 11) is 5.62. The zero-order valence-electron chi connectivity index (χ0n) is 12.0. The van der Waals surface area contributed by atoms with E-state index in [2.05, 4.69) is 0 Å². The monoisotopic (exact) mass is 282 g/mol. The van der Waals surface area contributed by atoms with E-state index in [0.717, 1.165) is 0 Å². The predicted molar refractivity (Wildman–Crippen MR) is 71.3 cm³/mol. The Kier molecular flexibility index (Phi) is 6.14. The summed E-state index contributed by atoms with van der Waals surface area (Å²) in [6.45, 7) is 0. The SMILES string of the molecule is COc1ccc(OC)c(C(=O)CC(=O)C(OC)OC)c1. The van der Waals surface area contributed by atoms with Gasteiger partial charge in [0, 0.05) is 14.2 Å². The third-order valence-corrected chi connectivity index (χ3v) is 2.73. The van der Waals surface area contributed by atoms with Gasteiger partial charge in [-0.2, -0.15) is 0 Å². The van der Waals surface area contributed by atoms with Crippen LogP contribution in [0.1, 0.15) is 16.8 Å². The Morgan fingerprint density at radius 3 is 2.20 bits per heavy atom. The van der Waals surface area contributed by atoms with Gasteiger partial charge in [0.1, 0.15) is 11.5 Å². The molecule has 0 N–H and O–H groups in total. The number of ether oxygens (including phenoxy) is 4. The molecule has 1 rings (SSSR count). The number of rotatable bonds is 8. The maximum absolute atomic E-state index is 12.2. The summed E-state index contributed by atoms with van der Waals surface area (Å²) >= 11 is 0. The van der Waals surface area contributed by atoms with E-state index >= 15 is 0 Å². The van der Waals surface area contributed by atoms with Gasteiger partial charge in [0.2, 0.25) is 6.29 Å². The molecule has 0 spiro atoms. The maximum atomic E-state index is 12.2. The minimum absolute atomic E-state index is 0.283. The van der Waals surface area contributed by atoms with E-state index in [-0.39, 0.29) is 17.8 Å². The first-order valence-electron chi connectivity index (χ1n) is 5.90. The lowest BCUT2D eigenvalue weighted by atomic mass is 10.0. The molecule has 0 bridgehead atoms. The first kappa shape index (κ1) is 16.1. The highest BCUT2D eigenvalue weighted by Crippen LogP contribution is 2.25. The lowest BCUT2D eigenvalue weighted by Crippen LogP contribution is -2.27. The Bertz CT molecular complexity index is 479. The fourth-order valence-electron chi connectivity index (χ4n) is 1.73. The average Bonchev–Trinajstić information content (AvgIpc) is 2.47. The second kappa shape index (κ2) is 7.62. The summed E-state index contributed by atoms with van der Waals surface area (Å²) in [5.74, 6) is 0.0568. The third kappa shape index (κ3) is 3.79. The molecule has 1 aromatic carbocycles. The van der Waals surface area contributed by atoms with Crippen LogP contribution in [0.15, 0.2) is 18.2 Å². The van der Waals surface area contributed by atoms with Gasteiger partial charge < -0.3 is 18.9 Å². The molecule has 110 valence electrons. The summed E-state index contributed by atoms with van der Waals surface area (Å²) in [5, 5.41) is 0. The molecule has 0 aliphatic rings. The molecule has 0 saturated carbocycles. The van der Waals surface area contributed by atoms with Crippen LogP contribution >= 0.6 is 0 Å². The molecule has 20 heavy (non-hydrogen) atoms. The Hall–Kier alpha value is -1.92. The van der Waals surface area contributed by atoms with Crippen LogP contribution in [0.25, 0.3) is 0 Å². The first-order chi connectivity index (χ1) is 9.57. The predicted octanol–water partition coefficient (Wildman–Crippen LogP) is 1.46. The van der Waals surface area contributed by atoms with E-state index in [1.165, 1.54) is 34.5 Å². The largest absolute Gasteiger partial charge is 0.497 e. The van der Waals surface area contributed by atoms with Gasteiger partial charge in [-0.25, -0.2) is 0 Å². The number of hydrogen-bond acceptors (Lipinski definition) is 6. The number of ketones is 2. The van der Waals surface area contributed by atoms with Crippen molar-refractivity contribution in [2.45, 2.75) is 12.7 Å². The van der Waals surface area contributed by atoms with Crippen molar-refractivity contribution in [1.82, 2.24) is 0 Å². The molecule has 6 heteroatoms. The van der Waals surface area contributed by atoms with Crippen molar-refractivity contribution in [3.8, 4) is 11.5 Å². The molecule has 0 atom stereocenters. The molecule has 0 fully saturated rings. The summed E-state index contributed by atoms with van der Waals surface area (Å²) < 4.78 is 19.8. The highest BCUT2D eigenvalue weighted by molar-refractivity contribution is 6.10. The molecular weight excluding hydrogens is 264 g/mol. The van der Waals surface area contributed by atoms with Crippen molar-refractivity contribution in [1.29, 1.82) is 0 Å². The summed E-state index contributed by atoms with van der Waals surface area (Å²) in [6.07, 6.45) is -1.38. The average molecular weight is 282 g/mol. The van der Waals surface area contributed by atoms with Crippen molar-refractivity contribution in [3.63, 3.8) is 0 Å². The topological polar surface area (TPSA) is 71.1 Å². The van der Waals surface area contributed by atoms with Crippen LogP contribution in [0.5, 0.6) is 11.5 Å². The zero-order valence-corrected chi connectivity index (χ0v) is 12.0. The third-order valence-electron chi connectivity index (χ3n) is 2.73. The maximum Gasteiger partial charge on any atom is 0.217 e. The second-order valence-corrected chi connectivity index (χ2v) is 3.94. The highest BCUT2D eigenvalue weighted by atomic mass is 16.7. The van der Waals surface area contributed by atoms with Crippen molar-refractivity contribution in [3.05, 3.63) is 23.8 Å². The molecule has 1 aromatic rings. The van der Waals surface area contributed by atoms with Crippen LogP contribution in [0.2, 0.25) is 0 Å². The van der Waals surface area contributed by atoms with Gasteiger partial charge in [0.15, 0.2) is 11.6 Å². The van der Waals surface area contributed by atoms with E-state index in [1.54, 1.807) is 12.1 Å². The van der Waals surface area contributed by atoms with Gasteiger partial charge in [-0.05, 0) is 18.2 Å². The molecule has 0 aliphatic heterocycles. The number of carbonyl (C=O) groups excluding carboxylic acids is 2. The van der Waals surface area contributed by atoms with Gasteiger partial charge in [-0.1, -0.05) is 0 Å². The minimum atomic E-state index is -1.05. The zero-order chi connectivity index (χ0) is 15.1. The smallest absolute Gasteiger partial charge is 0.217 e. The minimum Gasteiger partial charge on any atom is -0.497 e. The van der Waals surface area contributed by atoms with Crippen molar-refractivity contribution < 1.29 is 28.5 Å². The molecule has 0 radical (unpaired) electrons. The Labute approximate surface area is 117 Å². The van der Waals surface area contributed by atoms with E-state index < -0.39 is 12.1 Å². The van der Waals surface area contributed by atoms with Crippen molar-refractivity contribution in [2.24, 2.45) is 0 Å². The molecular formula is C14H18O6. The number of Topliss-reactive ketones (excluding diaryl/α,β-unsaturated/α-hetero) is 2. The molecule has 0 heterocycles. The van der Waals surface area contributed by atoms with Crippen LogP contribution in [0.3, 0.4) is 0 Å². The number of hydrogen-bond donors (Lipinski definition) is 0. The lowest BCUT2D eigenvalue weighted by Gasteiger charge is -2.13. The lowest BCUT2D eigenvalue weighted by molar-refractivity contribution is -0.155. The summed E-state index contributed by atoms with van der Waals surface area (Å²) in [6, 6.07) is 4.81. The quantitative estimate of drug-likeness (QED) is 0.408. The Morgan fingerprint density at radius 2 is 1.70 bits per heavy atom. The van der Waals surface area contributed by atoms with E-state index in [0.29, 0.717) is 11.5 Å². The molecule has 0 aliphatic carbocycles. The standard InChI is InChI=1S/C14H18O6/c1-17-9-5-6-13(18-2)10(7-9)11(15)8-12(16)14(19-3)20-4/h5-7,14H,8H2,1-4H3. The Morgan fingerprint density at radius 1 is 1.05 bits per heavy atom. The number of carbonyl (C=O) groups is 2. The van der Waals surface area contributed by atoms with Crippen molar-refractivity contribution in [2.75, 3.05) is 28.4 Å². The van der Waals surface area contributed by atoms with Gasteiger partial charge >= 0.3 is 0 Å². The molecule has 0 unspecified atom stereocenters. The number of benzene rings is 1. The second-order valence-electron chi connectivity index (χ2n) is 3.94. The highest BCUT2D eigenvalue weighted by Gasteiger charge is 2.23. The Balaban J connectivity index is 2.93. The van der Waals surface area contributed by atoms with Gasteiger partial charge in [-0.15, -0.1) is 0 Å². The molecule has 6 nitrogen and oxygen atoms in total. The van der Waals surface area contributed by atoms with Gasteiger partial charge in [0.05, 0.1) is 26.2 Å². The fraction of sp³-hybridized carbons (Fsp3) is 0.429. The molecule has 0 saturated heterocycles. The molecule has 0 amide bonds. The van der Waals surface area contributed by atoms with E-state index in [4.69, 9.17) is 18.9 Å².